The van der Waals surface area contributed by atoms with E-state index in [9.17, 15) is 26.4 Å². The van der Waals surface area contributed by atoms with Gasteiger partial charge < -0.3 is 30.5 Å². The normalized spacial score (nSPS) is 10.3. The Morgan fingerprint density at radius 1 is 0.842 bits per heavy atom. The van der Waals surface area contributed by atoms with E-state index in [4.69, 9.17) is 11.5 Å². The van der Waals surface area contributed by atoms with Gasteiger partial charge in [-0.25, -0.2) is 16.8 Å². The summed E-state index contributed by atoms with van der Waals surface area (Å²) in [5, 5.41) is 0. The minimum atomic E-state index is -3.58. The summed E-state index contributed by atoms with van der Waals surface area (Å²) in [6.07, 6.45) is 1.61. The van der Waals surface area contributed by atoms with Crippen LogP contribution in [0, 0.1) is 0 Å². The van der Waals surface area contributed by atoms with Crippen molar-refractivity contribution in [2.24, 2.45) is 0 Å². The number of sulfonamides is 2. The molecule has 0 rings (SSSR count). The van der Waals surface area contributed by atoms with Crippen LogP contribution in [0.4, 0.5) is 0 Å². The van der Waals surface area contributed by atoms with Crippen molar-refractivity contribution in [3.8, 4) is 0 Å². The van der Waals surface area contributed by atoms with Crippen LogP contribution < -0.4 is 0 Å². The molecule has 0 aliphatic heterocycles. The van der Waals surface area contributed by atoms with Gasteiger partial charge in [-0.05, 0) is 0 Å². The van der Waals surface area contributed by atoms with Crippen molar-refractivity contribution in [3.63, 3.8) is 0 Å². The first-order valence-corrected chi connectivity index (χ1v) is 7.81. The molecule has 118 valence electrons. The van der Waals surface area contributed by atoms with Crippen molar-refractivity contribution >= 4 is 31.9 Å². The number of rotatable bonds is 4. The van der Waals surface area contributed by atoms with Gasteiger partial charge in [-0.15, -0.1) is 13.1 Å². The van der Waals surface area contributed by atoms with Crippen LogP contribution in [0.3, 0.4) is 0 Å². The second-order valence-corrected chi connectivity index (χ2v) is 6.09. The fourth-order valence-electron chi connectivity index (χ4n) is 0.434. The van der Waals surface area contributed by atoms with Crippen LogP contribution in [0.15, 0.2) is 0 Å². The summed E-state index contributed by atoms with van der Waals surface area (Å²) in [5.41, 5.74) is 12.8. The van der Waals surface area contributed by atoms with Crippen LogP contribution >= 0.6 is 0 Å². The summed E-state index contributed by atoms with van der Waals surface area (Å²) in [4.78, 5) is 20.2. The van der Waals surface area contributed by atoms with Crippen LogP contribution in [-0.4, -0.2) is 54.3 Å². The quantitative estimate of drug-likeness (QED) is 0.582. The minimum Gasteiger partial charge on any atom is -0.672 e. The summed E-state index contributed by atoms with van der Waals surface area (Å²) in [6.45, 7) is -1.24. The van der Waals surface area contributed by atoms with Crippen LogP contribution in [0.2, 0.25) is 0 Å². The molecule has 0 unspecified atom stereocenters. The average Bonchev–Trinajstić information content (AvgIpc) is 2.13. The number of amides is 2. The van der Waals surface area contributed by atoms with Gasteiger partial charge in [0.05, 0.1) is 20.0 Å². The predicted molar refractivity (Wildman–Crippen MR) is 64.8 cm³/mol. The number of carbonyl (C=O) groups is 2. The fraction of sp³-hybridized carbons (Fsp3) is 0.667. The standard InChI is InChI=1S/2C3H7N2O3S.Pd/c2*1-9(7,8)5-3(6)2-4;/h2*4H,2H2,1H3,(H,5,6);/q2*-1;/p-2. The Kier molecular flexibility index (Phi) is 12.7. The van der Waals surface area contributed by atoms with Crippen molar-refractivity contribution in [2.45, 2.75) is 0 Å². The SMILES string of the molecule is CS(=O)(=O)[N-]C(=O)C[NH-].CS(=O)(=O)[N-]C(=O)C[NH-].[Pd]. The molecule has 0 aromatic heterocycles. The molecule has 10 nitrogen and oxygen atoms in total. The molecule has 2 N–H and O–H groups in total. The molecule has 0 heterocycles. The third-order valence-electron chi connectivity index (χ3n) is 0.838. The van der Waals surface area contributed by atoms with Crippen LogP contribution in [0.1, 0.15) is 0 Å². The van der Waals surface area contributed by atoms with E-state index < -0.39 is 45.0 Å². The first-order chi connectivity index (χ1) is 7.91. The van der Waals surface area contributed by atoms with E-state index in [1.54, 1.807) is 0 Å². The molecule has 0 atom stereocenters. The van der Waals surface area contributed by atoms with Gasteiger partial charge in [0.1, 0.15) is 0 Å². The third-order valence-corrected chi connectivity index (χ3v) is 1.91. The predicted octanol–water partition coefficient (Wildman–Crippen LogP) is -0.205. The number of nitrogens with zero attached hydrogens (tertiary/aromatic N) is 2. The van der Waals surface area contributed by atoms with Gasteiger partial charge in [0.2, 0.25) is 0 Å². The van der Waals surface area contributed by atoms with Crippen molar-refractivity contribution in [1.82, 2.24) is 0 Å². The summed E-state index contributed by atoms with van der Waals surface area (Å²) in [7, 11) is -7.16. The maximum atomic E-state index is 10.1. The molecule has 19 heavy (non-hydrogen) atoms. The second-order valence-electron chi connectivity index (χ2n) is 2.79. The van der Waals surface area contributed by atoms with E-state index in [-0.39, 0.29) is 20.4 Å². The van der Waals surface area contributed by atoms with Crippen LogP contribution in [0.25, 0.3) is 20.9 Å². The maximum Gasteiger partial charge on any atom is 0.0928 e. The van der Waals surface area contributed by atoms with Gasteiger partial charge in [-0.2, -0.15) is 0 Å². The van der Waals surface area contributed by atoms with Gasteiger partial charge >= 0.3 is 0 Å². The summed E-state index contributed by atoms with van der Waals surface area (Å²) in [6, 6.07) is 0. The summed E-state index contributed by atoms with van der Waals surface area (Å²) in [5.74, 6) is -1.87. The topological polar surface area (TPSA) is 178 Å². The smallest absolute Gasteiger partial charge is 0.0928 e. The zero-order valence-corrected chi connectivity index (χ0v) is 13.1. The molecule has 0 aromatic rings. The molecule has 2 amide bonds. The Hall–Kier alpha value is -0.578. The van der Waals surface area contributed by atoms with Gasteiger partial charge in [-0.3, -0.25) is 0 Å². The Morgan fingerprint density at radius 3 is 1.11 bits per heavy atom. The third kappa shape index (κ3) is 23.0. The maximum absolute atomic E-state index is 10.1. The Morgan fingerprint density at radius 2 is 1.05 bits per heavy atom. The van der Waals surface area contributed by atoms with E-state index in [1.807, 2.05) is 0 Å². The number of hydrogen-bond donors (Lipinski definition) is 0. The molecule has 0 bridgehead atoms. The second kappa shape index (κ2) is 10.2. The Bertz CT molecular complexity index is 442. The zero-order chi connectivity index (χ0) is 15.0. The molecule has 0 aliphatic rings. The molecular formula is C6H12N4O6PdS2-4. The van der Waals surface area contributed by atoms with Gasteiger partial charge in [-0.1, -0.05) is 0 Å². The van der Waals surface area contributed by atoms with Crippen molar-refractivity contribution in [3.05, 3.63) is 20.9 Å². The first kappa shape index (κ1) is 23.5. The van der Waals surface area contributed by atoms with E-state index in [1.165, 1.54) is 0 Å². The molecule has 0 saturated heterocycles. The van der Waals surface area contributed by atoms with E-state index in [0.29, 0.717) is 0 Å². The minimum absolute atomic E-state index is 0. The van der Waals surface area contributed by atoms with Crippen molar-refractivity contribution < 1.29 is 46.8 Å². The van der Waals surface area contributed by atoms with E-state index >= 15 is 0 Å². The van der Waals surface area contributed by atoms with Gasteiger partial charge in [0.25, 0.3) is 0 Å². The molecule has 0 spiro atoms. The molecule has 0 fully saturated rings. The number of hydrogen-bond acceptors (Lipinski definition) is 6. The molecular weight excluding hydrogens is 395 g/mol. The monoisotopic (exact) mass is 406 g/mol. The zero-order valence-electron chi connectivity index (χ0n) is 9.89. The molecule has 0 saturated carbocycles. The van der Waals surface area contributed by atoms with E-state index in [0.717, 1.165) is 12.5 Å². The first-order valence-electron chi connectivity index (χ1n) is 4.12. The Balaban J connectivity index is -0.000000256. The average molecular weight is 407 g/mol. The largest absolute Gasteiger partial charge is 0.672 e. The van der Waals surface area contributed by atoms with Crippen LogP contribution in [0.5, 0.6) is 0 Å². The molecule has 13 heteroatoms. The van der Waals surface area contributed by atoms with Crippen molar-refractivity contribution in [2.75, 3.05) is 25.6 Å². The Labute approximate surface area is 125 Å². The fourth-order valence-corrected chi connectivity index (χ4v) is 1.30. The number of carbonyl (C=O) groups excluding carboxylic acids is 2. The molecule has 0 radical (unpaired) electrons. The molecule has 0 aliphatic carbocycles. The van der Waals surface area contributed by atoms with Gasteiger partial charge in [0.15, 0.2) is 0 Å². The van der Waals surface area contributed by atoms with Crippen molar-refractivity contribution in [1.29, 1.82) is 0 Å². The summed E-state index contributed by atoms with van der Waals surface area (Å²) < 4.78 is 45.9. The number of nitrogens with one attached hydrogen (secondary N) is 2. The summed E-state index contributed by atoms with van der Waals surface area (Å²) >= 11 is 0. The van der Waals surface area contributed by atoms with Gasteiger partial charge in [0, 0.05) is 44.7 Å². The van der Waals surface area contributed by atoms with E-state index in [2.05, 4.69) is 9.44 Å². The van der Waals surface area contributed by atoms with Crippen LogP contribution in [-0.2, 0) is 50.1 Å². The molecule has 0 aromatic carbocycles.